The molecule has 8 nitrogen and oxygen atoms in total. The fourth-order valence-corrected chi connectivity index (χ4v) is 4.09. The quantitative estimate of drug-likeness (QED) is 0.772. The van der Waals surface area contributed by atoms with E-state index >= 15 is 0 Å². The summed E-state index contributed by atoms with van der Waals surface area (Å²) >= 11 is 5.79. The van der Waals surface area contributed by atoms with Crippen molar-refractivity contribution in [3.63, 3.8) is 0 Å². The summed E-state index contributed by atoms with van der Waals surface area (Å²) in [6.07, 6.45) is -0.415. The van der Waals surface area contributed by atoms with E-state index in [-0.39, 0.29) is 43.5 Å². The highest BCUT2D eigenvalue weighted by Gasteiger charge is 2.29. The highest BCUT2D eigenvalue weighted by Crippen LogP contribution is 2.20. The minimum absolute atomic E-state index is 0.134. The zero-order chi connectivity index (χ0) is 19.2. The SMILES string of the molecule is CCOC(=O)NCCC(=O)N1CCN(S(=O)(=O)c2ccc(Cl)cc2)CC1. The van der Waals surface area contributed by atoms with Crippen LogP contribution >= 0.6 is 11.6 Å². The first-order valence-electron chi connectivity index (χ1n) is 8.28. The fraction of sp³-hybridized carbons (Fsp3) is 0.500. The Morgan fingerprint density at radius 3 is 2.35 bits per heavy atom. The van der Waals surface area contributed by atoms with Gasteiger partial charge in [-0.2, -0.15) is 4.31 Å². The molecule has 0 aromatic heterocycles. The van der Waals surface area contributed by atoms with Gasteiger partial charge in [-0.3, -0.25) is 4.79 Å². The van der Waals surface area contributed by atoms with Crippen LogP contribution in [0, 0.1) is 0 Å². The molecule has 0 radical (unpaired) electrons. The van der Waals surface area contributed by atoms with Gasteiger partial charge in [-0.15, -0.1) is 0 Å². The van der Waals surface area contributed by atoms with E-state index in [0.29, 0.717) is 18.1 Å². The van der Waals surface area contributed by atoms with Gasteiger partial charge in [-0.1, -0.05) is 11.6 Å². The first-order chi connectivity index (χ1) is 12.3. The summed E-state index contributed by atoms with van der Waals surface area (Å²) in [5.41, 5.74) is 0. The molecule has 0 bridgehead atoms. The Labute approximate surface area is 158 Å². The lowest BCUT2D eigenvalue weighted by Crippen LogP contribution is -2.50. The summed E-state index contributed by atoms with van der Waals surface area (Å²) in [6, 6.07) is 6.00. The third kappa shape index (κ3) is 5.33. The van der Waals surface area contributed by atoms with Gasteiger partial charge in [0, 0.05) is 44.2 Å². The summed E-state index contributed by atoms with van der Waals surface area (Å²) in [5.74, 6) is -0.134. The first-order valence-corrected chi connectivity index (χ1v) is 10.1. The number of ether oxygens (including phenoxy) is 1. The van der Waals surface area contributed by atoms with Crippen LogP contribution in [0.1, 0.15) is 13.3 Å². The number of piperazine rings is 1. The van der Waals surface area contributed by atoms with Gasteiger partial charge in [0.2, 0.25) is 15.9 Å². The lowest BCUT2D eigenvalue weighted by atomic mass is 10.3. The van der Waals surface area contributed by atoms with Gasteiger partial charge in [0.05, 0.1) is 11.5 Å². The van der Waals surface area contributed by atoms with Crippen molar-refractivity contribution < 1.29 is 22.7 Å². The third-order valence-electron chi connectivity index (χ3n) is 3.93. The van der Waals surface area contributed by atoms with Crippen LogP contribution in [0.15, 0.2) is 29.2 Å². The molecular formula is C16H22ClN3O5S. The zero-order valence-corrected chi connectivity index (χ0v) is 16.1. The van der Waals surface area contributed by atoms with E-state index in [1.165, 1.54) is 28.6 Å². The van der Waals surface area contributed by atoms with Crippen LogP contribution in [-0.2, 0) is 19.6 Å². The Balaban J connectivity index is 1.83. The number of rotatable bonds is 6. The summed E-state index contributed by atoms with van der Waals surface area (Å²) < 4.78 is 31.3. The molecule has 1 aliphatic rings. The van der Waals surface area contributed by atoms with E-state index in [0.717, 1.165) is 0 Å². The number of hydrogen-bond acceptors (Lipinski definition) is 5. The molecule has 1 saturated heterocycles. The lowest BCUT2D eigenvalue weighted by molar-refractivity contribution is -0.132. The molecule has 2 amide bonds. The molecule has 0 saturated carbocycles. The second-order valence-electron chi connectivity index (χ2n) is 5.64. The van der Waals surface area contributed by atoms with Gasteiger partial charge >= 0.3 is 6.09 Å². The molecule has 1 fully saturated rings. The molecule has 0 atom stereocenters. The molecule has 1 aromatic carbocycles. The predicted octanol–water partition coefficient (Wildman–Crippen LogP) is 1.31. The topological polar surface area (TPSA) is 96.0 Å². The van der Waals surface area contributed by atoms with Crippen molar-refractivity contribution in [2.24, 2.45) is 0 Å². The van der Waals surface area contributed by atoms with Crippen LogP contribution in [-0.4, -0.2) is 69.0 Å². The van der Waals surface area contributed by atoms with E-state index < -0.39 is 16.1 Å². The molecule has 1 heterocycles. The van der Waals surface area contributed by atoms with Crippen LogP contribution in [0.25, 0.3) is 0 Å². The number of hydrogen-bond donors (Lipinski definition) is 1. The molecule has 2 rings (SSSR count). The molecule has 26 heavy (non-hydrogen) atoms. The number of halogens is 1. The molecule has 144 valence electrons. The maximum Gasteiger partial charge on any atom is 0.407 e. The van der Waals surface area contributed by atoms with Gasteiger partial charge < -0.3 is 15.0 Å². The zero-order valence-electron chi connectivity index (χ0n) is 14.5. The standard InChI is InChI=1S/C16H22ClN3O5S/c1-2-25-16(22)18-8-7-15(21)19-9-11-20(12-10-19)26(23,24)14-5-3-13(17)4-6-14/h3-6H,2,7-12H2,1H3,(H,18,22). The molecule has 10 heteroatoms. The van der Waals surface area contributed by atoms with Crippen LogP contribution in [0.3, 0.4) is 0 Å². The number of nitrogens with zero attached hydrogens (tertiary/aromatic N) is 2. The molecule has 1 N–H and O–H groups in total. The van der Waals surface area contributed by atoms with Crippen molar-refractivity contribution in [2.45, 2.75) is 18.2 Å². The number of alkyl carbamates (subject to hydrolysis) is 1. The summed E-state index contributed by atoms with van der Waals surface area (Å²) in [7, 11) is -3.60. The highest BCUT2D eigenvalue weighted by atomic mass is 35.5. The van der Waals surface area contributed by atoms with Crippen LogP contribution in [0.4, 0.5) is 4.79 Å². The van der Waals surface area contributed by atoms with E-state index in [1.54, 1.807) is 11.8 Å². The second-order valence-corrected chi connectivity index (χ2v) is 8.01. The van der Waals surface area contributed by atoms with Gasteiger partial charge in [0.1, 0.15) is 0 Å². The minimum Gasteiger partial charge on any atom is -0.450 e. The Bertz CT molecular complexity index is 731. The number of carbonyl (C=O) groups excluding carboxylic acids is 2. The minimum atomic E-state index is -3.60. The Morgan fingerprint density at radius 2 is 1.77 bits per heavy atom. The van der Waals surface area contributed by atoms with Gasteiger partial charge in [0.25, 0.3) is 0 Å². The molecular weight excluding hydrogens is 382 g/mol. The molecule has 0 unspecified atom stereocenters. The predicted molar refractivity (Wildman–Crippen MR) is 96.4 cm³/mol. The lowest BCUT2D eigenvalue weighted by Gasteiger charge is -2.34. The van der Waals surface area contributed by atoms with Gasteiger partial charge in [0.15, 0.2) is 0 Å². The average molecular weight is 404 g/mol. The summed E-state index contributed by atoms with van der Waals surface area (Å²) in [6.45, 7) is 3.22. The van der Waals surface area contributed by atoms with E-state index in [9.17, 15) is 18.0 Å². The van der Waals surface area contributed by atoms with Crippen LogP contribution in [0.5, 0.6) is 0 Å². The van der Waals surface area contributed by atoms with E-state index in [2.05, 4.69) is 5.32 Å². The summed E-state index contributed by atoms with van der Waals surface area (Å²) in [5, 5.41) is 2.96. The Morgan fingerprint density at radius 1 is 1.15 bits per heavy atom. The van der Waals surface area contributed by atoms with Crippen molar-refractivity contribution >= 4 is 33.6 Å². The maximum atomic E-state index is 12.6. The second kappa shape index (κ2) is 9.20. The third-order valence-corrected chi connectivity index (χ3v) is 6.09. The Hall–Kier alpha value is -1.84. The van der Waals surface area contributed by atoms with Crippen LogP contribution in [0.2, 0.25) is 5.02 Å². The molecule has 1 aliphatic heterocycles. The van der Waals surface area contributed by atoms with Crippen molar-refractivity contribution in [3.05, 3.63) is 29.3 Å². The monoisotopic (exact) mass is 403 g/mol. The molecule has 1 aromatic rings. The normalized spacial score (nSPS) is 15.5. The van der Waals surface area contributed by atoms with Crippen LogP contribution < -0.4 is 5.32 Å². The molecule has 0 spiro atoms. The highest BCUT2D eigenvalue weighted by molar-refractivity contribution is 7.89. The largest absolute Gasteiger partial charge is 0.450 e. The summed E-state index contributed by atoms with van der Waals surface area (Å²) in [4.78, 5) is 25.1. The van der Waals surface area contributed by atoms with Crippen molar-refractivity contribution in [2.75, 3.05) is 39.3 Å². The molecule has 0 aliphatic carbocycles. The van der Waals surface area contributed by atoms with Crippen molar-refractivity contribution in [1.29, 1.82) is 0 Å². The smallest absolute Gasteiger partial charge is 0.407 e. The fourth-order valence-electron chi connectivity index (χ4n) is 2.55. The maximum absolute atomic E-state index is 12.6. The number of nitrogens with one attached hydrogen (secondary N) is 1. The van der Waals surface area contributed by atoms with Crippen molar-refractivity contribution in [1.82, 2.24) is 14.5 Å². The number of amides is 2. The number of carbonyl (C=O) groups is 2. The number of sulfonamides is 1. The average Bonchev–Trinajstić information content (AvgIpc) is 2.62. The van der Waals surface area contributed by atoms with E-state index in [1.807, 2.05) is 0 Å². The van der Waals surface area contributed by atoms with Gasteiger partial charge in [-0.25, -0.2) is 13.2 Å². The van der Waals surface area contributed by atoms with E-state index in [4.69, 9.17) is 16.3 Å². The van der Waals surface area contributed by atoms with Gasteiger partial charge in [-0.05, 0) is 31.2 Å². The first kappa shape index (κ1) is 20.5. The van der Waals surface area contributed by atoms with Crippen molar-refractivity contribution in [3.8, 4) is 0 Å². The Kier molecular flexibility index (Phi) is 7.24. The number of benzene rings is 1.